The molecule has 5 heteroatoms. The lowest BCUT2D eigenvalue weighted by molar-refractivity contribution is 0.102. The summed E-state index contributed by atoms with van der Waals surface area (Å²) in [6.07, 6.45) is 0. The molecule has 0 bridgehead atoms. The van der Waals surface area contributed by atoms with E-state index in [2.05, 4.69) is 5.32 Å². The minimum absolute atomic E-state index is 0.215. The average Bonchev–Trinajstić information content (AvgIpc) is 2.36. The van der Waals surface area contributed by atoms with E-state index in [1.54, 1.807) is 18.2 Å². The second-order valence-electron chi connectivity index (χ2n) is 4.17. The molecule has 2 aromatic rings. The van der Waals surface area contributed by atoms with Crippen molar-refractivity contribution in [3.8, 4) is 0 Å². The van der Waals surface area contributed by atoms with Gasteiger partial charge in [-0.2, -0.15) is 0 Å². The fourth-order valence-electron chi connectivity index (χ4n) is 1.65. The van der Waals surface area contributed by atoms with Crippen LogP contribution in [0.5, 0.6) is 0 Å². The first-order valence-electron chi connectivity index (χ1n) is 5.60. The SMILES string of the molecule is Cc1ccc(N)c(C(=O)Nc2cc(F)ccc2Cl)c1. The summed E-state index contributed by atoms with van der Waals surface area (Å²) in [6, 6.07) is 8.88. The van der Waals surface area contributed by atoms with Gasteiger partial charge in [-0.3, -0.25) is 4.79 Å². The summed E-state index contributed by atoms with van der Waals surface area (Å²) in [6.45, 7) is 1.85. The Morgan fingerprint density at radius 2 is 2.00 bits per heavy atom. The van der Waals surface area contributed by atoms with Gasteiger partial charge in [0.05, 0.1) is 16.3 Å². The number of nitrogen functional groups attached to an aromatic ring is 1. The maximum absolute atomic E-state index is 13.1. The van der Waals surface area contributed by atoms with Crippen LogP contribution in [-0.2, 0) is 0 Å². The van der Waals surface area contributed by atoms with Crippen LogP contribution < -0.4 is 11.1 Å². The van der Waals surface area contributed by atoms with Gasteiger partial charge in [-0.05, 0) is 37.3 Å². The molecule has 0 heterocycles. The minimum Gasteiger partial charge on any atom is -0.398 e. The van der Waals surface area contributed by atoms with Crippen molar-refractivity contribution in [3.05, 3.63) is 58.4 Å². The van der Waals surface area contributed by atoms with E-state index in [9.17, 15) is 9.18 Å². The Hall–Kier alpha value is -2.07. The highest BCUT2D eigenvalue weighted by Crippen LogP contribution is 2.24. The number of anilines is 2. The van der Waals surface area contributed by atoms with Gasteiger partial charge in [-0.15, -0.1) is 0 Å². The zero-order chi connectivity index (χ0) is 14.0. The standard InChI is InChI=1S/C14H12ClFN2O/c1-8-2-5-12(17)10(6-8)14(19)18-13-7-9(16)3-4-11(13)15/h2-7H,17H2,1H3,(H,18,19). The van der Waals surface area contributed by atoms with Crippen molar-refractivity contribution in [1.82, 2.24) is 0 Å². The summed E-state index contributed by atoms with van der Waals surface area (Å²) in [5.41, 5.74) is 7.56. The zero-order valence-electron chi connectivity index (χ0n) is 10.2. The molecule has 0 spiro atoms. The third-order valence-corrected chi connectivity index (χ3v) is 2.96. The largest absolute Gasteiger partial charge is 0.398 e. The first-order valence-corrected chi connectivity index (χ1v) is 5.97. The molecule has 2 aromatic carbocycles. The third-order valence-electron chi connectivity index (χ3n) is 2.63. The van der Waals surface area contributed by atoms with Crippen LogP contribution in [0, 0.1) is 12.7 Å². The highest BCUT2D eigenvalue weighted by Gasteiger charge is 2.12. The van der Waals surface area contributed by atoms with Crippen molar-refractivity contribution in [3.63, 3.8) is 0 Å². The van der Waals surface area contributed by atoms with Crippen LogP contribution >= 0.6 is 11.6 Å². The second-order valence-corrected chi connectivity index (χ2v) is 4.58. The predicted octanol–water partition coefficient (Wildman–Crippen LogP) is 3.62. The number of hydrogen-bond acceptors (Lipinski definition) is 2. The van der Waals surface area contributed by atoms with E-state index in [4.69, 9.17) is 17.3 Å². The number of carbonyl (C=O) groups excluding carboxylic acids is 1. The minimum atomic E-state index is -0.475. The van der Waals surface area contributed by atoms with Gasteiger partial charge in [0.1, 0.15) is 5.82 Å². The van der Waals surface area contributed by atoms with E-state index in [0.29, 0.717) is 11.3 Å². The van der Waals surface area contributed by atoms with Crippen LogP contribution in [0.4, 0.5) is 15.8 Å². The smallest absolute Gasteiger partial charge is 0.257 e. The van der Waals surface area contributed by atoms with Gasteiger partial charge in [0, 0.05) is 5.69 Å². The Bertz CT molecular complexity index is 643. The molecule has 0 aliphatic rings. The Labute approximate surface area is 115 Å². The number of amides is 1. The van der Waals surface area contributed by atoms with Crippen molar-refractivity contribution in [2.45, 2.75) is 6.92 Å². The number of nitrogens with one attached hydrogen (secondary N) is 1. The van der Waals surface area contributed by atoms with E-state index in [1.165, 1.54) is 12.1 Å². The zero-order valence-corrected chi connectivity index (χ0v) is 11.0. The van der Waals surface area contributed by atoms with Crippen molar-refractivity contribution in [2.24, 2.45) is 0 Å². The number of carbonyl (C=O) groups is 1. The monoisotopic (exact) mass is 278 g/mol. The van der Waals surface area contributed by atoms with Gasteiger partial charge in [0.2, 0.25) is 0 Å². The third kappa shape index (κ3) is 3.03. The van der Waals surface area contributed by atoms with Crippen LogP contribution in [0.15, 0.2) is 36.4 Å². The molecular weight excluding hydrogens is 267 g/mol. The first-order chi connectivity index (χ1) is 8.97. The number of rotatable bonds is 2. The van der Waals surface area contributed by atoms with Gasteiger partial charge in [0.15, 0.2) is 0 Å². The summed E-state index contributed by atoms with van der Waals surface area (Å²) < 4.78 is 13.1. The Balaban J connectivity index is 2.30. The molecular formula is C14H12ClFN2O. The average molecular weight is 279 g/mol. The van der Waals surface area contributed by atoms with E-state index in [-0.39, 0.29) is 10.7 Å². The molecule has 0 radical (unpaired) electrons. The lowest BCUT2D eigenvalue weighted by Gasteiger charge is -2.09. The number of nitrogens with two attached hydrogens (primary N) is 1. The number of halogens is 2. The molecule has 3 N–H and O–H groups in total. The Kier molecular flexibility index (Phi) is 3.71. The van der Waals surface area contributed by atoms with Gasteiger partial charge in [-0.1, -0.05) is 23.2 Å². The van der Waals surface area contributed by atoms with Crippen LogP contribution in [0.1, 0.15) is 15.9 Å². The van der Waals surface area contributed by atoms with Gasteiger partial charge >= 0.3 is 0 Å². The molecule has 0 fully saturated rings. The van der Waals surface area contributed by atoms with E-state index >= 15 is 0 Å². The molecule has 0 unspecified atom stereocenters. The normalized spacial score (nSPS) is 10.3. The van der Waals surface area contributed by atoms with Gasteiger partial charge in [0.25, 0.3) is 5.91 Å². The van der Waals surface area contributed by atoms with E-state index in [1.807, 2.05) is 6.92 Å². The first kappa shape index (κ1) is 13.4. The molecule has 3 nitrogen and oxygen atoms in total. The van der Waals surface area contributed by atoms with Crippen molar-refractivity contribution >= 4 is 28.9 Å². The number of hydrogen-bond donors (Lipinski definition) is 2. The summed E-state index contributed by atoms with van der Waals surface area (Å²) in [7, 11) is 0. The molecule has 98 valence electrons. The fraction of sp³-hybridized carbons (Fsp3) is 0.0714. The fourth-order valence-corrected chi connectivity index (χ4v) is 1.81. The maximum atomic E-state index is 13.1. The predicted molar refractivity (Wildman–Crippen MR) is 75.0 cm³/mol. The highest BCUT2D eigenvalue weighted by molar-refractivity contribution is 6.34. The lowest BCUT2D eigenvalue weighted by Crippen LogP contribution is -2.14. The highest BCUT2D eigenvalue weighted by atomic mass is 35.5. The molecule has 19 heavy (non-hydrogen) atoms. The quantitative estimate of drug-likeness (QED) is 0.824. The molecule has 2 rings (SSSR count). The number of benzene rings is 2. The maximum Gasteiger partial charge on any atom is 0.257 e. The van der Waals surface area contributed by atoms with Gasteiger partial charge in [-0.25, -0.2) is 4.39 Å². The molecule has 0 aliphatic carbocycles. The van der Waals surface area contributed by atoms with Gasteiger partial charge < -0.3 is 11.1 Å². The molecule has 0 atom stereocenters. The summed E-state index contributed by atoms with van der Waals surface area (Å²) >= 11 is 5.89. The van der Waals surface area contributed by atoms with E-state index in [0.717, 1.165) is 11.6 Å². The van der Waals surface area contributed by atoms with Crippen molar-refractivity contribution < 1.29 is 9.18 Å². The summed E-state index contributed by atoms with van der Waals surface area (Å²) in [4.78, 5) is 12.1. The molecule has 0 aliphatic heterocycles. The molecule has 0 saturated heterocycles. The van der Waals surface area contributed by atoms with Crippen LogP contribution in [0.3, 0.4) is 0 Å². The van der Waals surface area contributed by atoms with Crippen LogP contribution in [-0.4, -0.2) is 5.91 Å². The lowest BCUT2D eigenvalue weighted by atomic mass is 10.1. The topological polar surface area (TPSA) is 55.1 Å². The number of aryl methyl sites for hydroxylation is 1. The van der Waals surface area contributed by atoms with Crippen LogP contribution in [0.25, 0.3) is 0 Å². The molecule has 1 amide bonds. The van der Waals surface area contributed by atoms with Crippen molar-refractivity contribution in [2.75, 3.05) is 11.1 Å². The molecule has 0 saturated carbocycles. The summed E-state index contributed by atoms with van der Waals surface area (Å²) in [5.74, 6) is -0.898. The summed E-state index contributed by atoms with van der Waals surface area (Å²) in [5, 5.41) is 2.81. The second kappa shape index (κ2) is 5.28. The Morgan fingerprint density at radius 1 is 1.26 bits per heavy atom. The van der Waals surface area contributed by atoms with E-state index < -0.39 is 11.7 Å². The molecule has 0 aromatic heterocycles. The van der Waals surface area contributed by atoms with Crippen molar-refractivity contribution in [1.29, 1.82) is 0 Å². The van der Waals surface area contributed by atoms with Crippen LogP contribution in [0.2, 0.25) is 5.02 Å². The Morgan fingerprint density at radius 3 is 2.74 bits per heavy atom.